The number of benzene rings is 2. The quantitative estimate of drug-likeness (QED) is 0.469. The first kappa shape index (κ1) is 14.7. The molecule has 23 heavy (non-hydrogen) atoms. The maximum absolute atomic E-state index is 2.42. The number of thiophene rings is 1. The van der Waals surface area contributed by atoms with E-state index in [-0.39, 0.29) is 5.41 Å². The highest BCUT2D eigenvalue weighted by molar-refractivity contribution is 7.20. The van der Waals surface area contributed by atoms with Crippen LogP contribution in [-0.4, -0.2) is 0 Å². The molecule has 1 aliphatic carbocycles. The van der Waals surface area contributed by atoms with Crippen molar-refractivity contribution in [1.29, 1.82) is 0 Å². The minimum atomic E-state index is 0.192. The minimum absolute atomic E-state index is 0.192. The van der Waals surface area contributed by atoms with Crippen LogP contribution in [0, 0.1) is 0 Å². The van der Waals surface area contributed by atoms with Crippen LogP contribution in [0.3, 0.4) is 0 Å². The maximum Gasteiger partial charge on any atom is 0.0355 e. The average Bonchev–Trinajstić information content (AvgIpc) is 2.92. The molecule has 2 aromatic carbocycles. The van der Waals surface area contributed by atoms with E-state index < -0.39 is 0 Å². The van der Waals surface area contributed by atoms with Gasteiger partial charge in [-0.15, -0.1) is 11.3 Å². The number of hydrogen-bond donors (Lipinski definition) is 0. The fourth-order valence-corrected chi connectivity index (χ4v) is 4.84. The molecule has 0 nitrogen and oxygen atoms in total. The van der Waals surface area contributed by atoms with Crippen LogP contribution in [0.4, 0.5) is 0 Å². The van der Waals surface area contributed by atoms with Crippen molar-refractivity contribution in [3.8, 4) is 0 Å². The smallest absolute Gasteiger partial charge is 0.0355 e. The molecule has 1 heterocycles. The van der Waals surface area contributed by atoms with Crippen molar-refractivity contribution in [1.82, 2.24) is 0 Å². The Morgan fingerprint density at radius 2 is 1.65 bits per heavy atom. The summed E-state index contributed by atoms with van der Waals surface area (Å²) in [5.74, 6) is 0. The van der Waals surface area contributed by atoms with Crippen LogP contribution in [0.15, 0.2) is 48.5 Å². The highest BCUT2D eigenvalue weighted by Crippen LogP contribution is 2.43. The van der Waals surface area contributed by atoms with E-state index in [1.54, 1.807) is 5.56 Å². The lowest BCUT2D eigenvalue weighted by molar-refractivity contribution is 0.595. The van der Waals surface area contributed by atoms with Crippen molar-refractivity contribution in [2.24, 2.45) is 0 Å². The van der Waals surface area contributed by atoms with Gasteiger partial charge in [-0.05, 0) is 52.7 Å². The molecule has 116 valence electrons. The molecular weight excluding hydrogens is 296 g/mol. The van der Waals surface area contributed by atoms with E-state index in [2.05, 4.69) is 75.4 Å². The molecule has 1 aliphatic rings. The fourth-order valence-electron chi connectivity index (χ4n) is 3.59. The van der Waals surface area contributed by atoms with Gasteiger partial charge in [0.15, 0.2) is 0 Å². The zero-order valence-electron chi connectivity index (χ0n) is 14.0. The first-order valence-electron chi connectivity index (χ1n) is 8.35. The lowest BCUT2D eigenvalue weighted by Crippen LogP contribution is -2.12. The molecular formula is C22H22S. The number of rotatable bonds is 1. The van der Waals surface area contributed by atoms with Crippen molar-refractivity contribution >= 4 is 33.1 Å². The van der Waals surface area contributed by atoms with Gasteiger partial charge < -0.3 is 0 Å². The van der Waals surface area contributed by atoms with E-state index in [0.717, 1.165) is 12.8 Å². The zero-order chi connectivity index (χ0) is 16.0. The summed E-state index contributed by atoms with van der Waals surface area (Å²) in [6, 6.07) is 17.6. The topological polar surface area (TPSA) is 0 Å². The van der Waals surface area contributed by atoms with Crippen LogP contribution in [0.2, 0.25) is 0 Å². The molecule has 0 unspecified atom stereocenters. The van der Waals surface area contributed by atoms with Gasteiger partial charge in [0, 0.05) is 15.0 Å². The predicted molar refractivity (Wildman–Crippen MR) is 103 cm³/mol. The molecule has 0 saturated carbocycles. The SMILES string of the molecule is CC(C)(C)c1cccc2sc3c(c12)CCC(c1ccccc1)=C3. The molecule has 0 fully saturated rings. The van der Waals surface area contributed by atoms with E-state index in [1.807, 2.05) is 11.3 Å². The van der Waals surface area contributed by atoms with Gasteiger partial charge in [0.25, 0.3) is 0 Å². The van der Waals surface area contributed by atoms with Gasteiger partial charge in [-0.1, -0.05) is 63.2 Å². The van der Waals surface area contributed by atoms with Crippen molar-refractivity contribution in [2.45, 2.75) is 39.0 Å². The Morgan fingerprint density at radius 3 is 2.39 bits per heavy atom. The average molecular weight is 318 g/mol. The number of aryl methyl sites for hydroxylation is 1. The van der Waals surface area contributed by atoms with Gasteiger partial charge in [0.1, 0.15) is 0 Å². The van der Waals surface area contributed by atoms with Gasteiger partial charge in [0.05, 0.1) is 0 Å². The molecule has 0 amide bonds. The van der Waals surface area contributed by atoms with Crippen LogP contribution >= 0.6 is 11.3 Å². The van der Waals surface area contributed by atoms with Gasteiger partial charge in [-0.3, -0.25) is 0 Å². The van der Waals surface area contributed by atoms with E-state index in [4.69, 9.17) is 0 Å². The van der Waals surface area contributed by atoms with Crippen LogP contribution in [0.25, 0.3) is 21.7 Å². The summed E-state index contributed by atoms with van der Waals surface area (Å²) < 4.78 is 1.44. The molecule has 3 aromatic rings. The Labute approximate surface area is 142 Å². The second kappa shape index (κ2) is 5.35. The fraction of sp³-hybridized carbons (Fsp3) is 0.273. The molecule has 0 spiro atoms. The van der Waals surface area contributed by atoms with Gasteiger partial charge in [-0.2, -0.15) is 0 Å². The van der Waals surface area contributed by atoms with E-state index in [1.165, 1.54) is 31.7 Å². The third-order valence-corrected chi connectivity index (χ3v) is 5.89. The molecule has 0 radical (unpaired) electrons. The zero-order valence-corrected chi connectivity index (χ0v) is 14.8. The van der Waals surface area contributed by atoms with Crippen LogP contribution in [0.5, 0.6) is 0 Å². The number of allylic oxidation sites excluding steroid dienone is 1. The third kappa shape index (κ3) is 2.53. The third-order valence-electron chi connectivity index (χ3n) is 4.75. The Bertz CT molecular complexity index is 889. The molecule has 0 aliphatic heterocycles. The Balaban J connectivity index is 1.90. The van der Waals surface area contributed by atoms with Crippen LogP contribution in [-0.2, 0) is 11.8 Å². The lowest BCUT2D eigenvalue weighted by atomic mass is 9.82. The highest BCUT2D eigenvalue weighted by Gasteiger charge is 2.23. The molecule has 0 bridgehead atoms. The van der Waals surface area contributed by atoms with Crippen molar-refractivity contribution in [3.05, 3.63) is 70.1 Å². The minimum Gasteiger partial charge on any atom is -0.136 e. The van der Waals surface area contributed by atoms with Gasteiger partial charge in [0.2, 0.25) is 0 Å². The predicted octanol–water partition coefficient (Wildman–Crippen LogP) is 6.69. The molecule has 0 N–H and O–H groups in total. The molecule has 0 atom stereocenters. The molecule has 1 aromatic heterocycles. The summed E-state index contributed by atoms with van der Waals surface area (Å²) in [6.07, 6.45) is 4.72. The van der Waals surface area contributed by atoms with Gasteiger partial charge >= 0.3 is 0 Å². The van der Waals surface area contributed by atoms with E-state index in [0.29, 0.717) is 0 Å². The van der Waals surface area contributed by atoms with Crippen LogP contribution in [0.1, 0.15) is 48.8 Å². The van der Waals surface area contributed by atoms with Crippen molar-refractivity contribution in [3.63, 3.8) is 0 Å². The Morgan fingerprint density at radius 1 is 0.870 bits per heavy atom. The normalized spacial score (nSPS) is 14.7. The lowest BCUT2D eigenvalue weighted by Gasteiger charge is -2.22. The summed E-state index contributed by atoms with van der Waals surface area (Å²) in [5, 5.41) is 1.52. The second-order valence-corrected chi connectivity index (χ2v) is 8.49. The van der Waals surface area contributed by atoms with Crippen LogP contribution < -0.4 is 0 Å². The largest absolute Gasteiger partial charge is 0.136 e. The van der Waals surface area contributed by atoms with Gasteiger partial charge in [-0.25, -0.2) is 0 Å². The van der Waals surface area contributed by atoms with E-state index in [9.17, 15) is 0 Å². The summed E-state index contributed by atoms with van der Waals surface area (Å²) in [7, 11) is 0. The Kier molecular flexibility index (Phi) is 3.42. The first-order valence-corrected chi connectivity index (χ1v) is 9.16. The molecule has 4 rings (SSSR count). The first-order chi connectivity index (χ1) is 11.0. The summed E-state index contributed by atoms with van der Waals surface area (Å²) >= 11 is 1.95. The molecule has 1 heteroatoms. The number of fused-ring (bicyclic) bond motifs is 3. The second-order valence-electron chi connectivity index (χ2n) is 7.41. The monoisotopic (exact) mass is 318 g/mol. The highest BCUT2D eigenvalue weighted by atomic mass is 32.1. The van der Waals surface area contributed by atoms with Crippen molar-refractivity contribution in [2.75, 3.05) is 0 Å². The summed E-state index contributed by atoms with van der Waals surface area (Å²) in [5.41, 5.74) is 6.09. The summed E-state index contributed by atoms with van der Waals surface area (Å²) in [4.78, 5) is 1.46. The van der Waals surface area contributed by atoms with E-state index >= 15 is 0 Å². The molecule has 0 saturated heterocycles. The summed E-state index contributed by atoms with van der Waals surface area (Å²) in [6.45, 7) is 6.96. The van der Waals surface area contributed by atoms with Crippen molar-refractivity contribution < 1.29 is 0 Å². The Hall–Kier alpha value is -1.86. The number of hydrogen-bond acceptors (Lipinski definition) is 1. The standard InChI is InChI=1S/C22H22S/c1-22(2,3)18-10-7-11-19-21(18)17-13-12-16(14-20(17)23-19)15-8-5-4-6-9-15/h4-11,14H,12-13H2,1-3H3. The maximum atomic E-state index is 2.42.